The van der Waals surface area contributed by atoms with Gasteiger partial charge in [0, 0.05) is 11.5 Å². The summed E-state index contributed by atoms with van der Waals surface area (Å²) in [5, 5.41) is 2.02. The Balaban J connectivity index is 1.68. The molecule has 156 valence electrons. The van der Waals surface area contributed by atoms with Gasteiger partial charge in [0.2, 0.25) is 0 Å². The van der Waals surface area contributed by atoms with Gasteiger partial charge in [0.15, 0.2) is 5.83 Å². The summed E-state index contributed by atoms with van der Waals surface area (Å²) in [4.78, 5) is 0. The van der Waals surface area contributed by atoms with Crippen molar-refractivity contribution in [1.82, 2.24) is 0 Å². The molecule has 1 aliphatic rings. The molecule has 0 unspecified atom stereocenters. The van der Waals surface area contributed by atoms with Crippen molar-refractivity contribution in [3.63, 3.8) is 0 Å². The zero-order valence-electron chi connectivity index (χ0n) is 17.7. The van der Waals surface area contributed by atoms with Gasteiger partial charge in [-0.1, -0.05) is 69.0 Å². The van der Waals surface area contributed by atoms with E-state index in [2.05, 4.69) is 25.6 Å². The largest absolute Gasteiger partial charge is 0.208 e. The minimum absolute atomic E-state index is 0.255. The van der Waals surface area contributed by atoms with Crippen molar-refractivity contribution in [2.45, 2.75) is 71.1 Å². The van der Waals surface area contributed by atoms with Crippen molar-refractivity contribution in [1.29, 1.82) is 0 Å². The summed E-state index contributed by atoms with van der Waals surface area (Å²) in [6.07, 6.45) is 12.4. The van der Waals surface area contributed by atoms with E-state index in [1.807, 2.05) is 18.2 Å². The molecule has 2 aromatic carbocycles. The Labute approximate surface area is 174 Å². The maximum Gasteiger partial charge on any atom is 0.162 e. The Kier molecular flexibility index (Phi) is 8.03. The van der Waals surface area contributed by atoms with Crippen molar-refractivity contribution >= 4 is 16.6 Å². The van der Waals surface area contributed by atoms with Crippen LogP contribution in [0, 0.1) is 11.8 Å². The topological polar surface area (TPSA) is 0 Å². The molecule has 0 spiro atoms. The first-order valence-corrected chi connectivity index (χ1v) is 11.3. The van der Waals surface area contributed by atoms with Gasteiger partial charge in [0.1, 0.15) is 5.83 Å². The fourth-order valence-electron chi connectivity index (χ4n) is 4.56. The fourth-order valence-corrected chi connectivity index (χ4v) is 4.56. The number of allylic oxidation sites excluding steroid dienone is 2. The molecule has 2 aromatic rings. The van der Waals surface area contributed by atoms with E-state index >= 15 is 0 Å². The minimum Gasteiger partial charge on any atom is -0.208 e. The third-order valence-electron chi connectivity index (χ3n) is 6.43. The van der Waals surface area contributed by atoms with E-state index in [1.54, 1.807) is 12.1 Å². The third-order valence-corrected chi connectivity index (χ3v) is 6.43. The summed E-state index contributed by atoms with van der Waals surface area (Å²) in [7, 11) is 0. The van der Waals surface area contributed by atoms with E-state index in [0.29, 0.717) is 11.5 Å². The van der Waals surface area contributed by atoms with Crippen LogP contribution in [0.15, 0.2) is 54.9 Å². The van der Waals surface area contributed by atoms with Crippen molar-refractivity contribution in [3.05, 3.63) is 66.0 Å². The molecular weight excluding hydrogens is 362 g/mol. The molecule has 0 heterocycles. The molecule has 29 heavy (non-hydrogen) atoms. The molecule has 3 rings (SSSR count). The van der Waals surface area contributed by atoms with Gasteiger partial charge in [-0.3, -0.25) is 0 Å². The lowest BCUT2D eigenvalue weighted by Crippen LogP contribution is -2.15. The highest BCUT2D eigenvalue weighted by Gasteiger charge is 2.26. The molecule has 0 aromatic heterocycles. The first-order chi connectivity index (χ1) is 14.1. The van der Waals surface area contributed by atoms with Gasteiger partial charge in [-0.05, 0) is 66.8 Å². The Morgan fingerprint density at radius 2 is 1.72 bits per heavy atom. The molecular formula is C27H34F2. The Morgan fingerprint density at radius 3 is 2.45 bits per heavy atom. The van der Waals surface area contributed by atoms with Crippen LogP contribution >= 0.6 is 0 Å². The summed E-state index contributed by atoms with van der Waals surface area (Å²) < 4.78 is 29.8. The molecule has 1 saturated carbocycles. The lowest BCUT2D eigenvalue weighted by Gasteiger charge is -2.27. The first kappa shape index (κ1) is 21.7. The van der Waals surface area contributed by atoms with Gasteiger partial charge in [-0.2, -0.15) is 0 Å². The molecule has 0 radical (unpaired) electrons. The SMILES string of the molecule is C=CCCc1ccc2cc(C(F)=C(F)C3CCC(CCCCC)CC3)ccc2c1. The lowest BCUT2D eigenvalue weighted by molar-refractivity contribution is 0.258. The summed E-state index contributed by atoms with van der Waals surface area (Å²) in [6, 6.07) is 11.6. The maximum absolute atomic E-state index is 14.9. The van der Waals surface area contributed by atoms with Gasteiger partial charge in [-0.15, -0.1) is 6.58 Å². The van der Waals surface area contributed by atoms with Crippen LogP contribution in [0.1, 0.15) is 75.8 Å². The highest BCUT2D eigenvalue weighted by atomic mass is 19.2. The van der Waals surface area contributed by atoms with Crippen LogP contribution in [0.4, 0.5) is 8.78 Å². The zero-order chi connectivity index (χ0) is 20.6. The summed E-state index contributed by atoms with van der Waals surface area (Å²) in [6.45, 7) is 5.98. The van der Waals surface area contributed by atoms with Gasteiger partial charge in [0.25, 0.3) is 0 Å². The molecule has 0 nitrogen and oxygen atoms in total. The number of fused-ring (bicyclic) bond motifs is 1. The second-order valence-corrected chi connectivity index (χ2v) is 8.60. The summed E-state index contributed by atoms with van der Waals surface area (Å²) >= 11 is 0. The molecule has 0 saturated heterocycles. The number of rotatable bonds is 9. The fraction of sp³-hybridized carbons (Fsp3) is 0.481. The third kappa shape index (κ3) is 5.78. The molecule has 1 aliphatic carbocycles. The highest BCUT2D eigenvalue weighted by molar-refractivity contribution is 5.86. The van der Waals surface area contributed by atoms with E-state index in [1.165, 1.54) is 31.2 Å². The monoisotopic (exact) mass is 396 g/mol. The van der Waals surface area contributed by atoms with Crippen LogP contribution < -0.4 is 0 Å². The number of hydrogen-bond acceptors (Lipinski definition) is 0. The van der Waals surface area contributed by atoms with Gasteiger partial charge in [0.05, 0.1) is 0 Å². The number of hydrogen-bond donors (Lipinski definition) is 0. The molecule has 1 fully saturated rings. The Bertz CT molecular complexity index is 841. The van der Waals surface area contributed by atoms with Gasteiger partial charge >= 0.3 is 0 Å². The number of benzene rings is 2. The van der Waals surface area contributed by atoms with Crippen LogP contribution in [0.3, 0.4) is 0 Å². The van der Waals surface area contributed by atoms with Gasteiger partial charge < -0.3 is 0 Å². The van der Waals surface area contributed by atoms with Crippen LogP contribution in [0.25, 0.3) is 16.6 Å². The molecule has 0 aliphatic heterocycles. The van der Waals surface area contributed by atoms with Crippen molar-refractivity contribution < 1.29 is 8.78 Å². The van der Waals surface area contributed by atoms with Crippen molar-refractivity contribution in [2.75, 3.05) is 0 Å². The second-order valence-electron chi connectivity index (χ2n) is 8.60. The van der Waals surface area contributed by atoms with Crippen molar-refractivity contribution in [3.8, 4) is 0 Å². The van der Waals surface area contributed by atoms with Crippen LogP contribution in [-0.4, -0.2) is 0 Å². The zero-order valence-corrected chi connectivity index (χ0v) is 17.7. The summed E-state index contributed by atoms with van der Waals surface area (Å²) in [5.41, 5.74) is 1.60. The predicted molar refractivity (Wildman–Crippen MR) is 121 cm³/mol. The second kappa shape index (κ2) is 10.7. The highest BCUT2D eigenvalue weighted by Crippen LogP contribution is 2.39. The quantitative estimate of drug-likeness (QED) is 0.293. The van der Waals surface area contributed by atoms with Crippen molar-refractivity contribution in [2.24, 2.45) is 11.8 Å². The Morgan fingerprint density at radius 1 is 1.00 bits per heavy atom. The molecule has 0 N–H and O–H groups in total. The smallest absolute Gasteiger partial charge is 0.162 e. The standard InChI is InChI=1S/C27H34F2/c1-3-5-7-9-20-10-13-22(14-11-20)26(28)27(29)25-17-16-23-18-21(8-6-4-2)12-15-24(23)19-25/h4,12,15-20,22H,2-3,5-11,13-14H2,1H3. The molecule has 0 bridgehead atoms. The normalized spacial score (nSPS) is 20.5. The molecule has 2 heteroatoms. The predicted octanol–water partition coefficient (Wildman–Crippen LogP) is 8.95. The number of aryl methyl sites for hydroxylation is 1. The maximum atomic E-state index is 14.9. The van der Waals surface area contributed by atoms with Crippen LogP contribution in [0.2, 0.25) is 0 Å². The molecule has 0 atom stereocenters. The number of halogens is 2. The van der Waals surface area contributed by atoms with E-state index in [4.69, 9.17) is 0 Å². The Hall–Kier alpha value is -1.96. The van der Waals surface area contributed by atoms with E-state index in [-0.39, 0.29) is 5.92 Å². The van der Waals surface area contributed by atoms with E-state index in [9.17, 15) is 8.78 Å². The van der Waals surface area contributed by atoms with E-state index in [0.717, 1.165) is 49.3 Å². The molecule has 0 amide bonds. The number of unbranched alkanes of at least 4 members (excludes halogenated alkanes) is 2. The van der Waals surface area contributed by atoms with E-state index < -0.39 is 11.7 Å². The van der Waals surface area contributed by atoms with Crippen LogP contribution in [-0.2, 0) is 6.42 Å². The first-order valence-electron chi connectivity index (χ1n) is 11.3. The minimum atomic E-state index is -0.669. The lowest BCUT2D eigenvalue weighted by atomic mass is 9.79. The average molecular weight is 397 g/mol. The average Bonchev–Trinajstić information content (AvgIpc) is 2.77. The van der Waals surface area contributed by atoms with Crippen LogP contribution in [0.5, 0.6) is 0 Å². The van der Waals surface area contributed by atoms with Gasteiger partial charge in [-0.25, -0.2) is 8.78 Å². The summed E-state index contributed by atoms with van der Waals surface area (Å²) in [5.74, 6) is -0.768.